The van der Waals surface area contributed by atoms with Crippen LogP contribution in [0.1, 0.15) is 42.7 Å². The average Bonchev–Trinajstić information content (AvgIpc) is 2.95. The second-order valence-electron chi connectivity index (χ2n) is 5.49. The number of benzene rings is 1. The molecule has 0 radical (unpaired) electrons. The second-order valence-corrected chi connectivity index (χ2v) is 7.06. The van der Waals surface area contributed by atoms with Gasteiger partial charge in [0.05, 0.1) is 0 Å². The molecule has 0 saturated heterocycles. The van der Waals surface area contributed by atoms with E-state index in [9.17, 15) is 0 Å². The van der Waals surface area contributed by atoms with Crippen molar-refractivity contribution in [1.29, 1.82) is 0 Å². The predicted octanol–water partition coefficient (Wildman–Crippen LogP) is 6.18. The number of hydrogen-bond donors (Lipinski definition) is 0. The van der Waals surface area contributed by atoms with E-state index in [1.165, 1.54) is 18.4 Å². The van der Waals surface area contributed by atoms with Crippen LogP contribution in [0.3, 0.4) is 0 Å². The number of aromatic nitrogens is 2. The van der Waals surface area contributed by atoms with Gasteiger partial charge in [-0.05, 0) is 37.3 Å². The summed E-state index contributed by atoms with van der Waals surface area (Å²) in [5.74, 6) is 0.983. The monoisotopic (exact) mass is 384 g/mol. The lowest BCUT2D eigenvalue weighted by atomic mass is 10.0. The third kappa shape index (κ3) is 3.10. The Bertz CT molecular complexity index is 659. The SMILES string of the molecule is Cc1ccc(-c2nc(Cl)c(C3CCCC3)c(Cl)n2)cc1Br. The van der Waals surface area contributed by atoms with Crippen LogP contribution >= 0.6 is 39.1 Å². The molecule has 1 aromatic carbocycles. The third-order valence-corrected chi connectivity index (χ3v) is 5.48. The zero-order valence-electron chi connectivity index (χ0n) is 11.7. The summed E-state index contributed by atoms with van der Waals surface area (Å²) in [6, 6.07) is 6.00. The second kappa shape index (κ2) is 6.23. The Morgan fingerprint density at radius 1 is 1.10 bits per heavy atom. The van der Waals surface area contributed by atoms with Crippen molar-refractivity contribution < 1.29 is 0 Å². The Hall–Kier alpha value is -0.640. The number of hydrogen-bond acceptors (Lipinski definition) is 2. The minimum atomic E-state index is 0.406. The molecular weight excluding hydrogens is 371 g/mol. The molecule has 0 unspecified atom stereocenters. The van der Waals surface area contributed by atoms with Gasteiger partial charge in [-0.1, -0.05) is 64.1 Å². The van der Waals surface area contributed by atoms with Gasteiger partial charge in [0.2, 0.25) is 0 Å². The summed E-state index contributed by atoms with van der Waals surface area (Å²) in [5, 5.41) is 0.988. The smallest absolute Gasteiger partial charge is 0.162 e. The molecule has 5 heteroatoms. The highest BCUT2D eigenvalue weighted by atomic mass is 79.9. The van der Waals surface area contributed by atoms with Crippen LogP contribution in [0.25, 0.3) is 11.4 Å². The van der Waals surface area contributed by atoms with Crippen LogP contribution in [0.5, 0.6) is 0 Å². The van der Waals surface area contributed by atoms with Gasteiger partial charge in [-0.2, -0.15) is 0 Å². The Balaban J connectivity index is 2.03. The average molecular weight is 386 g/mol. The molecule has 0 N–H and O–H groups in total. The first-order chi connectivity index (χ1) is 10.1. The van der Waals surface area contributed by atoms with Gasteiger partial charge in [-0.25, -0.2) is 9.97 Å². The van der Waals surface area contributed by atoms with E-state index < -0.39 is 0 Å². The molecule has 1 fully saturated rings. The van der Waals surface area contributed by atoms with E-state index >= 15 is 0 Å². The molecule has 110 valence electrons. The van der Waals surface area contributed by atoms with Gasteiger partial charge in [-0.15, -0.1) is 0 Å². The van der Waals surface area contributed by atoms with Crippen molar-refractivity contribution >= 4 is 39.1 Å². The molecule has 1 saturated carbocycles. The Labute approximate surface area is 143 Å². The highest BCUT2D eigenvalue weighted by Gasteiger charge is 2.24. The van der Waals surface area contributed by atoms with Crippen molar-refractivity contribution in [3.8, 4) is 11.4 Å². The van der Waals surface area contributed by atoms with Crippen molar-refractivity contribution in [3.63, 3.8) is 0 Å². The van der Waals surface area contributed by atoms with Crippen molar-refractivity contribution in [2.24, 2.45) is 0 Å². The maximum atomic E-state index is 6.39. The first-order valence-corrected chi connectivity index (χ1v) is 8.60. The minimum Gasteiger partial charge on any atom is -0.216 e. The molecule has 2 aromatic rings. The maximum Gasteiger partial charge on any atom is 0.162 e. The highest BCUT2D eigenvalue weighted by molar-refractivity contribution is 9.10. The van der Waals surface area contributed by atoms with E-state index in [4.69, 9.17) is 23.2 Å². The molecule has 3 rings (SSSR count). The zero-order chi connectivity index (χ0) is 15.0. The van der Waals surface area contributed by atoms with E-state index in [-0.39, 0.29) is 0 Å². The van der Waals surface area contributed by atoms with Crippen molar-refractivity contribution in [2.75, 3.05) is 0 Å². The van der Waals surface area contributed by atoms with Crippen LogP contribution in [0.2, 0.25) is 10.3 Å². The van der Waals surface area contributed by atoms with E-state index in [2.05, 4.69) is 25.9 Å². The van der Waals surface area contributed by atoms with Gasteiger partial charge < -0.3 is 0 Å². The molecule has 0 atom stereocenters. The van der Waals surface area contributed by atoms with Crippen LogP contribution in [-0.2, 0) is 0 Å². The summed E-state index contributed by atoms with van der Waals surface area (Å²) >= 11 is 16.3. The lowest BCUT2D eigenvalue weighted by Gasteiger charge is -2.14. The molecule has 0 spiro atoms. The lowest BCUT2D eigenvalue weighted by molar-refractivity contribution is 0.715. The third-order valence-electron chi connectivity index (χ3n) is 4.05. The van der Waals surface area contributed by atoms with Gasteiger partial charge >= 0.3 is 0 Å². The predicted molar refractivity (Wildman–Crippen MR) is 91.1 cm³/mol. The van der Waals surface area contributed by atoms with E-state index in [1.807, 2.05) is 25.1 Å². The van der Waals surface area contributed by atoms with Crippen LogP contribution in [0, 0.1) is 6.92 Å². The fraction of sp³-hybridized carbons (Fsp3) is 0.375. The molecule has 1 aliphatic carbocycles. The fourth-order valence-corrected chi connectivity index (χ4v) is 3.90. The fourth-order valence-electron chi connectivity index (χ4n) is 2.83. The highest BCUT2D eigenvalue weighted by Crippen LogP contribution is 2.40. The molecule has 1 aliphatic rings. The molecule has 1 heterocycles. The number of nitrogens with zero attached hydrogens (tertiary/aromatic N) is 2. The zero-order valence-corrected chi connectivity index (χ0v) is 14.8. The standard InChI is InChI=1S/C16H15BrCl2N2/c1-9-6-7-11(8-12(9)17)16-20-14(18)13(15(19)21-16)10-4-2-3-5-10/h6-8,10H,2-5H2,1H3. The Morgan fingerprint density at radius 3 is 2.29 bits per heavy atom. The molecule has 1 aromatic heterocycles. The quantitative estimate of drug-likeness (QED) is 0.576. The minimum absolute atomic E-state index is 0.406. The van der Waals surface area contributed by atoms with Crippen LogP contribution < -0.4 is 0 Å². The summed E-state index contributed by atoms with van der Waals surface area (Å²) in [6.07, 6.45) is 4.70. The van der Waals surface area contributed by atoms with Gasteiger partial charge in [0.1, 0.15) is 10.3 Å². The van der Waals surface area contributed by atoms with Gasteiger partial charge in [0.15, 0.2) is 5.82 Å². The topological polar surface area (TPSA) is 25.8 Å². The molecule has 0 bridgehead atoms. The van der Waals surface area contributed by atoms with Crippen molar-refractivity contribution in [1.82, 2.24) is 9.97 Å². The molecular formula is C16H15BrCl2N2. The van der Waals surface area contributed by atoms with E-state index in [0.29, 0.717) is 22.0 Å². The molecule has 0 aliphatic heterocycles. The van der Waals surface area contributed by atoms with E-state index in [0.717, 1.165) is 28.4 Å². The largest absolute Gasteiger partial charge is 0.216 e. The van der Waals surface area contributed by atoms with Gasteiger partial charge in [-0.3, -0.25) is 0 Å². The molecule has 21 heavy (non-hydrogen) atoms. The lowest BCUT2D eigenvalue weighted by Crippen LogP contribution is -2.01. The molecule has 2 nitrogen and oxygen atoms in total. The summed E-state index contributed by atoms with van der Waals surface area (Å²) in [7, 11) is 0. The maximum absolute atomic E-state index is 6.39. The van der Waals surface area contributed by atoms with Crippen LogP contribution in [0.15, 0.2) is 22.7 Å². The Morgan fingerprint density at radius 2 is 1.71 bits per heavy atom. The number of halogens is 3. The van der Waals surface area contributed by atoms with Gasteiger partial charge in [0, 0.05) is 15.6 Å². The number of aryl methyl sites for hydroxylation is 1. The van der Waals surface area contributed by atoms with Gasteiger partial charge in [0.25, 0.3) is 0 Å². The summed E-state index contributed by atoms with van der Waals surface area (Å²) in [4.78, 5) is 8.94. The molecule has 0 amide bonds. The van der Waals surface area contributed by atoms with E-state index in [1.54, 1.807) is 0 Å². The van der Waals surface area contributed by atoms with Crippen LogP contribution in [0.4, 0.5) is 0 Å². The summed E-state index contributed by atoms with van der Waals surface area (Å²) in [6.45, 7) is 2.04. The van der Waals surface area contributed by atoms with Crippen molar-refractivity contribution in [3.05, 3.63) is 44.1 Å². The Kier molecular flexibility index (Phi) is 4.53. The summed E-state index contributed by atoms with van der Waals surface area (Å²) < 4.78 is 1.02. The number of rotatable bonds is 2. The summed E-state index contributed by atoms with van der Waals surface area (Å²) in [5.41, 5.74) is 3.00. The van der Waals surface area contributed by atoms with Crippen LogP contribution in [-0.4, -0.2) is 9.97 Å². The normalized spacial score (nSPS) is 15.6. The van der Waals surface area contributed by atoms with Crippen molar-refractivity contribution in [2.45, 2.75) is 38.5 Å². The first-order valence-electron chi connectivity index (χ1n) is 7.05. The first kappa shape index (κ1) is 15.3.